The van der Waals surface area contributed by atoms with Crippen LogP contribution < -0.4 is 0 Å². The molecule has 19 heavy (non-hydrogen) atoms. The Hall–Kier alpha value is -0.350. The number of methoxy groups -OCH3 is 1. The van der Waals surface area contributed by atoms with Gasteiger partial charge in [0, 0.05) is 26.0 Å². The van der Waals surface area contributed by atoms with Crippen LogP contribution in [0.15, 0.2) is 10.7 Å². The fraction of sp³-hybridized carbons (Fsp3) is 0.800. The third kappa shape index (κ3) is 3.82. The van der Waals surface area contributed by atoms with Gasteiger partial charge in [0.15, 0.2) is 0 Å². The van der Waals surface area contributed by atoms with Crippen molar-refractivity contribution in [2.45, 2.75) is 58.4 Å². The van der Waals surface area contributed by atoms with Gasteiger partial charge >= 0.3 is 0 Å². The van der Waals surface area contributed by atoms with Crippen molar-refractivity contribution in [1.82, 2.24) is 9.78 Å². The Kier molecular flexibility index (Phi) is 5.46. The highest BCUT2D eigenvalue weighted by Gasteiger charge is 2.32. The van der Waals surface area contributed by atoms with Gasteiger partial charge in [0.05, 0.1) is 10.7 Å². The Morgan fingerprint density at radius 2 is 2.11 bits per heavy atom. The number of hydrogen-bond acceptors (Lipinski definition) is 2. The Bertz CT molecular complexity index is 397. The number of aromatic nitrogens is 2. The summed E-state index contributed by atoms with van der Waals surface area (Å²) in [5, 5.41) is 4.52. The zero-order chi connectivity index (χ0) is 13.7. The third-order valence-electron chi connectivity index (χ3n) is 4.50. The lowest BCUT2D eigenvalue weighted by Crippen LogP contribution is -2.31. The summed E-state index contributed by atoms with van der Waals surface area (Å²) >= 11 is 3.56. The number of nitrogens with zero attached hydrogens (tertiary/aromatic N) is 2. The van der Waals surface area contributed by atoms with E-state index in [1.54, 1.807) is 7.11 Å². The molecule has 1 aliphatic carbocycles. The van der Waals surface area contributed by atoms with Crippen molar-refractivity contribution >= 4 is 15.9 Å². The van der Waals surface area contributed by atoms with Crippen LogP contribution in [0.4, 0.5) is 0 Å². The molecule has 0 amide bonds. The third-order valence-corrected chi connectivity index (χ3v) is 5.28. The van der Waals surface area contributed by atoms with Gasteiger partial charge in [-0.05, 0) is 54.0 Å². The van der Waals surface area contributed by atoms with Gasteiger partial charge in [-0.3, -0.25) is 4.68 Å². The second-order valence-electron chi connectivity index (χ2n) is 5.89. The molecule has 0 N–H and O–H groups in total. The van der Waals surface area contributed by atoms with Gasteiger partial charge < -0.3 is 4.74 Å². The number of halogens is 1. The van der Waals surface area contributed by atoms with Crippen molar-refractivity contribution in [3.8, 4) is 0 Å². The minimum absolute atomic E-state index is 0.438. The largest absolute Gasteiger partial charge is 0.385 e. The summed E-state index contributed by atoms with van der Waals surface area (Å²) in [6.07, 6.45) is 11.2. The van der Waals surface area contributed by atoms with E-state index in [9.17, 15) is 0 Å². The number of hydrogen-bond donors (Lipinski definition) is 0. The van der Waals surface area contributed by atoms with E-state index in [4.69, 9.17) is 4.74 Å². The van der Waals surface area contributed by atoms with Crippen LogP contribution in [-0.4, -0.2) is 23.5 Å². The Morgan fingerprint density at radius 1 is 1.37 bits per heavy atom. The van der Waals surface area contributed by atoms with E-state index in [0.29, 0.717) is 5.41 Å². The highest BCUT2D eigenvalue weighted by atomic mass is 79.9. The molecule has 2 rings (SSSR count). The Morgan fingerprint density at radius 3 is 2.68 bits per heavy atom. The molecule has 0 spiro atoms. The topological polar surface area (TPSA) is 27.1 Å². The molecule has 0 saturated heterocycles. The fourth-order valence-electron chi connectivity index (χ4n) is 3.28. The molecular formula is C15H25BrN2O. The van der Waals surface area contributed by atoms with E-state index in [1.807, 2.05) is 6.20 Å². The van der Waals surface area contributed by atoms with Crippen LogP contribution in [0.1, 0.15) is 50.6 Å². The summed E-state index contributed by atoms with van der Waals surface area (Å²) in [6.45, 7) is 4.08. The molecule has 0 bridgehead atoms. The van der Waals surface area contributed by atoms with Gasteiger partial charge in [-0.15, -0.1) is 0 Å². The molecule has 4 heteroatoms. The van der Waals surface area contributed by atoms with Crippen LogP contribution in [0.5, 0.6) is 0 Å². The average Bonchev–Trinajstić information content (AvgIpc) is 2.72. The summed E-state index contributed by atoms with van der Waals surface area (Å²) in [5.41, 5.74) is 1.68. The molecule has 1 aromatic rings. The second-order valence-corrected chi connectivity index (χ2v) is 6.75. The highest BCUT2D eigenvalue weighted by molar-refractivity contribution is 9.10. The van der Waals surface area contributed by atoms with Crippen molar-refractivity contribution in [2.75, 3.05) is 13.7 Å². The van der Waals surface area contributed by atoms with Crippen LogP contribution in [0.3, 0.4) is 0 Å². The molecule has 1 heterocycles. The van der Waals surface area contributed by atoms with E-state index in [2.05, 4.69) is 32.6 Å². The summed E-state index contributed by atoms with van der Waals surface area (Å²) in [5.74, 6) is 0. The van der Waals surface area contributed by atoms with Crippen LogP contribution in [0.25, 0.3) is 0 Å². The Labute approximate surface area is 124 Å². The molecule has 0 aromatic carbocycles. The van der Waals surface area contributed by atoms with E-state index in [0.717, 1.165) is 24.0 Å². The highest BCUT2D eigenvalue weighted by Crippen LogP contribution is 2.42. The SMILES string of the molecule is COCCCC1(Cn2ncc(Br)c2C)CCCCC1. The van der Waals surface area contributed by atoms with Crippen LogP contribution in [-0.2, 0) is 11.3 Å². The standard InChI is InChI=1S/C15H25BrN2O/c1-13-14(16)11-17-18(13)12-15(9-6-10-19-2)7-4-3-5-8-15/h11H,3-10,12H2,1-2H3. The lowest BCUT2D eigenvalue weighted by atomic mass is 9.71. The minimum atomic E-state index is 0.438. The number of ether oxygens (including phenoxy) is 1. The maximum atomic E-state index is 5.23. The summed E-state index contributed by atoms with van der Waals surface area (Å²) in [7, 11) is 1.79. The first-order valence-electron chi connectivity index (χ1n) is 7.34. The van der Waals surface area contributed by atoms with E-state index in [-0.39, 0.29) is 0 Å². The molecule has 108 valence electrons. The molecule has 0 unspecified atom stereocenters. The summed E-state index contributed by atoms with van der Waals surface area (Å²) in [6, 6.07) is 0. The van der Waals surface area contributed by atoms with Crippen LogP contribution in [0.2, 0.25) is 0 Å². The molecule has 3 nitrogen and oxygen atoms in total. The molecule has 0 atom stereocenters. The van der Waals surface area contributed by atoms with Crippen LogP contribution in [0, 0.1) is 12.3 Å². The quantitative estimate of drug-likeness (QED) is 0.726. The average molecular weight is 329 g/mol. The second kappa shape index (κ2) is 6.89. The van der Waals surface area contributed by atoms with E-state index in [1.165, 1.54) is 44.2 Å². The van der Waals surface area contributed by atoms with Crippen molar-refractivity contribution in [3.63, 3.8) is 0 Å². The summed E-state index contributed by atoms with van der Waals surface area (Å²) < 4.78 is 8.53. The van der Waals surface area contributed by atoms with E-state index < -0.39 is 0 Å². The first-order chi connectivity index (χ1) is 9.17. The predicted octanol–water partition coefficient (Wildman–Crippen LogP) is 4.33. The lowest BCUT2D eigenvalue weighted by molar-refractivity contribution is 0.110. The maximum Gasteiger partial charge on any atom is 0.0635 e. The molecule has 1 fully saturated rings. The van der Waals surface area contributed by atoms with Gasteiger partial charge in [0.1, 0.15) is 0 Å². The zero-order valence-electron chi connectivity index (χ0n) is 12.1. The first-order valence-corrected chi connectivity index (χ1v) is 8.13. The fourth-order valence-corrected chi connectivity index (χ4v) is 3.58. The van der Waals surface area contributed by atoms with Gasteiger partial charge in [0.25, 0.3) is 0 Å². The van der Waals surface area contributed by atoms with Gasteiger partial charge in [-0.1, -0.05) is 19.3 Å². The monoisotopic (exact) mass is 328 g/mol. The van der Waals surface area contributed by atoms with Gasteiger partial charge in [-0.2, -0.15) is 5.10 Å². The van der Waals surface area contributed by atoms with Crippen molar-refractivity contribution in [1.29, 1.82) is 0 Å². The molecule has 0 radical (unpaired) electrons. The summed E-state index contributed by atoms with van der Waals surface area (Å²) in [4.78, 5) is 0. The normalized spacial score (nSPS) is 18.7. The zero-order valence-corrected chi connectivity index (χ0v) is 13.7. The van der Waals surface area contributed by atoms with Gasteiger partial charge in [0.2, 0.25) is 0 Å². The van der Waals surface area contributed by atoms with Crippen molar-refractivity contribution in [3.05, 3.63) is 16.4 Å². The minimum Gasteiger partial charge on any atom is -0.385 e. The van der Waals surface area contributed by atoms with E-state index >= 15 is 0 Å². The molecule has 1 saturated carbocycles. The van der Waals surface area contributed by atoms with Gasteiger partial charge in [-0.25, -0.2) is 0 Å². The van der Waals surface area contributed by atoms with Crippen molar-refractivity contribution < 1.29 is 4.74 Å². The molecule has 0 aliphatic heterocycles. The molecule has 1 aliphatic rings. The lowest BCUT2D eigenvalue weighted by Gasteiger charge is -2.37. The predicted molar refractivity (Wildman–Crippen MR) is 81.3 cm³/mol. The number of rotatable bonds is 6. The smallest absolute Gasteiger partial charge is 0.0635 e. The molecule has 1 aromatic heterocycles. The van der Waals surface area contributed by atoms with Crippen LogP contribution >= 0.6 is 15.9 Å². The van der Waals surface area contributed by atoms with Crippen molar-refractivity contribution in [2.24, 2.45) is 5.41 Å². The Balaban J connectivity index is 2.06. The maximum absolute atomic E-state index is 5.23. The first kappa shape index (κ1) is 15.0. The molecular weight excluding hydrogens is 304 g/mol.